The van der Waals surface area contributed by atoms with Crippen LogP contribution < -0.4 is 0 Å². The van der Waals surface area contributed by atoms with Crippen LogP contribution in [0.2, 0.25) is 0 Å². The molecule has 0 saturated carbocycles. The summed E-state index contributed by atoms with van der Waals surface area (Å²) in [6, 6.07) is 0. The lowest BCUT2D eigenvalue weighted by atomic mass is 9.94. The van der Waals surface area contributed by atoms with Crippen molar-refractivity contribution in [3.8, 4) is 0 Å². The Morgan fingerprint density at radius 2 is 2.12 bits per heavy atom. The van der Waals surface area contributed by atoms with Crippen molar-refractivity contribution >= 4 is 0 Å². The lowest BCUT2D eigenvalue weighted by Crippen LogP contribution is -2.05. The van der Waals surface area contributed by atoms with Gasteiger partial charge in [-0.1, -0.05) is 37.6 Å². The molecule has 0 radical (unpaired) electrons. The van der Waals surface area contributed by atoms with Gasteiger partial charge >= 0.3 is 0 Å². The van der Waals surface area contributed by atoms with Gasteiger partial charge < -0.3 is 0 Å². The van der Waals surface area contributed by atoms with Crippen LogP contribution in [0.25, 0.3) is 0 Å². The Labute approximate surface area is 104 Å². The fraction of sp³-hybridized carbons (Fsp3) is 0.533. The van der Waals surface area contributed by atoms with Crippen LogP contribution in [0, 0.1) is 5.92 Å². The zero-order valence-corrected chi connectivity index (χ0v) is 11.3. The highest BCUT2D eigenvalue weighted by molar-refractivity contribution is 5.36. The lowest BCUT2D eigenvalue weighted by molar-refractivity contribution is 0.601. The molecule has 1 heterocycles. The molecule has 2 aliphatic rings. The van der Waals surface area contributed by atoms with Crippen LogP contribution >= 0.6 is 0 Å². The summed E-state index contributed by atoms with van der Waals surface area (Å²) in [5.41, 5.74) is 4.22. The summed E-state index contributed by atoms with van der Waals surface area (Å²) in [6.07, 6.45) is 11.5. The zero-order chi connectivity index (χ0) is 12.4. The average molecular weight is 230 g/mol. The number of aromatic nitrogens is 2. The highest BCUT2D eigenvalue weighted by atomic mass is 15.3. The molecule has 1 aromatic rings. The normalized spacial score (nSPS) is 25.3. The quantitative estimate of drug-likeness (QED) is 0.623. The summed E-state index contributed by atoms with van der Waals surface area (Å²) in [5.74, 6) is 1.18. The van der Waals surface area contributed by atoms with Crippen LogP contribution in [0.1, 0.15) is 44.4 Å². The van der Waals surface area contributed by atoms with Gasteiger partial charge in [0.25, 0.3) is 0 Å². The van der Waals surface area contributed by atoms with E-state index in [1.807, 2.05) is 25.6 Å². The molecule has 92 valence electrons. The topological polar surface area (TPSA) is 17.8 Å². The molecule has 3 rings (SSSR count). The molecule has 2 heteroatoms. The molecular formula is C15H22N2. The second-order valence-corrected chi connectivity index (χ2v) is 4.75. The molecule has 0 amide bonds. The lowest BCUT2D eigenvalue weighted by Gasteiger charge is -2.11. The first kappa shape index (κ1) is 12.2. The van der Waals surface area contributed by atoms with Crippen molar-refractivity contribution in [2.75, 3.05) is 0 Å². The fourth-order valence-electron chi connectivity index (χ4n) is 2.81. The van der Waals surface area contributed by atoms with Crippen LogP contribution in [0.5, 0.6) is 0 Å². The van der Waals surface area contributed by atoms with E-state index in [1.165, 1.54) is 16.8 Å². The maximum atomic E-state index is 4.58. The first-order valence-corrected chi connectivity index (χ1v) is 6.60. The van der Waals surface area contributed by atoms with E-state index in [1.54, 1.807) is 0 Å². The molecule has 0 spiro atoms. The molecule has 17 heavy (non-hydrogen) atoms. The molecule has 0 bridgehead atoms. The standard InChI is InChI=1S/C13H16N2.C2H6/c1-9-4-3-5-12-10(6-9)7-11-8-15(2)14-13(11)12;1-2/h3,5-6,8,10,12H,4,7H2,1-2H3;1-2H3. The number of hydrogen-bond donors (Lipinski definition) is 0. The van der Waals surface area contributed by atoms with Crippen molar-refractivity contribution in [3.05, 3.63) is 41.3 Å². The monoisotopic (exact) mass is 230 g/mol. The van der Waals surface area contributed by atoms with Gasteiger partial charge in [-0.15, -0.1) is 0 Å². The minimum absolute atomic E-state index is 0.527. The van der Waals surface area contributed by atoms with Crippen molar-refractivity contribution in [1.29, 1.82) is 0 Å². The Morgan fingerprint density at radius 3 is 2.88 bits per heavy atom. The van der Waals surface area contributed by atoms with Gasteiger partial charge in [0.2, 0.25) is 0 Å². The van der Waals surface area contributed by atoms with Gasteiger partial charge in [0.05, 0.1) is 5.69 Å². The van der Waals surface area contributed by atoms with Gasteiger partial charge in [-0.25, -0.2) is 0 Å². The summed E-state index contributed by atoms with van der Waals surface area (Å²) in [6.45, 7) is 6.23. The Bertz CT molecular complexity index is 451. The van der Waals surface area contributed by atoms with Gasteiger partial charge in [-0.05, 0) is 31.2 Å². The Morgan fingerprint density at radius 1 is 1.35 bits per heavy atom. The predicted octanol–water partition coefficient (Wildman–Crippen LogP) is 3.61. The zero-order valence-electron chi connectivity index (χ0n) is 11.3. The third-order valence-electron chi connectivity index (χ3n) is 3.45. The first-order valence-electron chi connectivity index (χ1n) is 6.60. The summed E-state index contributed by atoms with van der Waals surface area (Å²) in [4.78, 5) is 0. The van der Waals surface area contributed by atoms with E-state index in [0.717, 1.165) is 12.8 Å². The number of rotatable bonds is 0. The van der Waals surface area contributed by atoms with Gasteiger partial charge in [0.1, 0.15) is 0 Å². The highest BCUT2D eigenvalue weighted by Crippen LogP contribution is 2.40. The minimum atomic E-state index is 0.527. The molecule has 2 aliphatic carbocycles. The van der Waals surface area contributed by atoms with E-state index < -0.39 is 0 Å². The van der Waals surface area contributed by atoms with E-state index >= 15 is 0 Å². The summed E-state index contributed by atoms with van der Waals surface area (Å²) in [5, 5.41) is 4.58. The molecule has 0 N–H and O–H groups in total. The number of allylic oxidation sites excluding steroid dienone is 4. The highest BCUT2D eigenvalue weighted by Gasteiger charge is 2.32. The van der Waals surface area contributed by atoms with Gasteiger partial charge in [0.15, 0.2) is 0 Å². The van der Waals surface area contributed by atoms with Crippen molar-refractivity contribution in [2.24, 2.45) is 13.0 Å². The Hall–Kier alpha value is -1.31. The number of hydrogen-bond acceptors (Lipinski definition) is 1. The number of nitrogens with zero attached hydrogens (tertiary/aromatic N) is 2. The molecule has 0 fully saturated rings. The molecule has 2 nitrogen and oxygen atoms in total. The van der Waals surface area contributed by atoms with Crippen LogP contribution in [0.3, 0.4) is 0 Å². The second kappa shape index (κ2) is 4.91. The third-order valence-corrected chi connectivity index (χ3v) is 3.45. The van der Waals surface area contributed by atoms with Crippen LogP contribution in [-0.4, -0.2) is 9.78 Å². The molecule has 2 atom stereocenters. The Balaban J connectivity index is 0.000000514. The maximum Gasteiger partial charge on any atom is 0.0731 e. The number of fused-ring (bicyclic) bond motifs is 3. The van der Waals surface area contributed by atoms with Crippen molar-refractivity contribution < 1.29 is 0 Å². The van der Waals surface area contributed by atoms with Crippen LogP contribution in [0.15, 0.2) is 30.0 Å². The minimum Gasteiger partial charge on any atom is -0.275 e. The Kier molecular flexibility index (Phi) is 3.51. The molecule has 2 unspecified atom stereocenters. The van der Waals surface area contributed by atoms with E-state index in [9.17, 15) is 0 Å². The fourth-order valence-corrected chi connectivity index (χ4v) is 2.81. The van der Waals surface area contributed by atoms with Gasteiger partial charge in [0, 0.05) is 19.2 Å². The summed E-state index contributed by atoms with van der Waals surface area (Å²) in [7, 11) is 2.01. The molecule has 0 saturated heterocycles. The van der Waals surface area contributed by atoms with E-state index in [0.29, 0.717) is 11.8 Å². The SMILES string of the molecule is CC.CC1=CC2Cc3cn(C)nc3C2C=CC1. The van der Waals surface area contributed by atoms with Crippen molar-refractivity contribution in [1.82, 2.24) is 9.78 Å². The van der Waals surface area contributed by atoms with E-state index in [-0.39, 0.29) is 0 Å². The third kappa shape index (κ3) is 2.21. The second-order valence-electron chi connectivity index (χ2n) is 4.75. The smallest absolute Gasteiger partial charge is 0.0731 e. The molecular weight excluding hydrogens is 208 g/mol. The van der Waals surface area contributed by atoms with E-state index in [2.05, 4.69) is 36.4 Å². The van der Waals surface area contributed by atoms with Crippen LogP contribution in [-0.2, 0) is 13.5 Å². The molecule has 0 aliphatic heterocycles. The predicted molar refractivity (Wildman–Crippen MR) is 72.0 cm³/mol. The summed E-state index contributed by atoms with van der Waals surface area (Å²) < 4.78 is 1.94. The van der Waals surface area contributed by atoms with Gasteiger partial charge in [-0.3, -0.25) is 4.68 Å². The van der Waals surface area contributed by atoms with Crippen LogP contribution in [0.4, 0.5) is 0 Å². The van der Waals surface area contributed by atoms with E-state index in [4.69, 9.17) is 0 Å². The maximum absolute atomic E-state index is 4.58. The first-order chi connectivity index (χ1) is 8.24. The molecule has 0 aromatic carbocycles. The molecule has 1 aromatic heterocycles. The summed E-state index contributed by atoms with van der Waals surface area (Å²) >= 11 is 0. The number of aryl methyl sites for hydroxylation is 1. The van der Waals surface area contributed by atoms with Crippen molar-refractivity contribution in [3.63, 3.8) is 0 Å². The van der Waals surface area contributed by atoms with Crippen molar-refractivity contribution in [2.45, 2.75) is 39.5 Å². The largest absolute Gasteiger partial charge is 0.275 e. The van der Waals surface area contributed by atoms with Gasteiger partial charge in [-0.2, -0.15) is 5.10 Å². The average Bonchev–Trinajstić information content (AvgIpc) is 2.73.